The van der Waals surface area contributed by atoms with Gasteiger partial charge in [-0.2, -0.15) is 0 Å². The molecule has 0 spiro atoms. The van der Waals surface area contributed by atoms with Gasteiger partial charge in [0.05, 0.1) is 0 Å². The average molecular weight is 257 g/mol. The van der Waals surface area contributed by atoms with E-state index in [9.17, 15) is 0 Å². The molecule has 1 aromatic carbocycles. The molecule has 0 atom stereocenters. The molecule has 13 heavy (non-hydrogen) atoms. The average Bonchev–Trinajstić information content (AvgIpc) is 2.01. The minimum atomic E-state index is -0.0618. The maximum absolute atomic E-state index is 5.69. The lowest BCUT2D eigenvalue weighted by molar-refractivity contribution is 0.142. The molecule has 0 heterocycles. The molecule has 0 amide bonds. The van der Waals surface area contributed by atoms with Crippen LogP contribution < -0.4 is 5.19 Å². The summed E-state index contributed by atoms with van der Waals surface area (Å²) in [5.41, 5.74) is -0.0618. The minimum Gasteiger partial charge on any atom is -0.407 e. The van der Waals surface area contributed by atoms with Gasteiger partial charge in [-0.3, -0.25) is 0 Å². The predicted molar refractivity (Wildman–Crippen MR) is 60.4 cm³/mol. The van der Waals surface area contributed by atoms with Crippen LogP contribution in [0.1, 0.15) is 20.8 Å². The van der Waals surface area contributed by atoms with Crippen molar-refractivity contribution in [2.45, 2.75) is 26.4 Å². The smallest absolute Gasteiger partial charge is 0.270 e. The first-order valence-electron chi connectivity index (χ1n) is 4.17. The van der Waals surface area contributed by atoms with E-state index < -0.39 is 0 Å². The molecule has 0 saturated heterocycles. The van der Waals surface area contributed by atoms with Crippen molar-refractivity contribution in [3.8, 4) is 0 Å². The van der Waals surface area contributed by atoms with Crippen molar-refractivity contribution < 1.29 is 4.43 Å². The summed E-state index contributed by atoms with van der Waals surface area (Å²) in [5, 5.41) is 1.22. The molecule has 1 nitrogen and oxygen atoms in total. The van der Waals surface area contributed by atoms with E-state index in [0.717, 1.165) is 4.47 Å². The molecule has 0 aliphatic carbocycles. The van der Waals surface area contributed by atoms with E-state index >= 15 is 0 Å². The Kier molecular flexibility index (Phi) is 3.70. The van der Waals surface area contributed by atoms with Gasteiger partial charge in [-0.25, -0.2) is 0 Å². The predicted octanol–water partition coefficient (Wildman–Crippen LogP) is 2.51. The van der Waals surface area contributed by atoms with Gasteiger partial charge in [0.2, 0.25) is 0 Å². The highest BCUT2D eigenvalue weighted by atomic mass is 79.9. The van der Waals surface area contributed by atoms with Crippen LogP contribution in [0.5, 0.6) is 0 Å². The Labute approximate surface area is 90.6 Å². The normalized spacial score (nSPS) is 11.7. The molecular weight excluding hydrogens is 244 g/mol. The van der Waals surface area contributed by atoms with Crippen LogP contribution in [0.3, 0.4) is 0 Å². The molecule has 0 unspecified atom stereocenters. The number of hydrogen-bond donors (Lipinski definition) is 0. The van der Waals surface area contributed by atoms with Crippen LogP contribution in [-0.2, 0) is 4.43 Å². The van der Waals surface area contributed by atoms with E-state index in [-0.39, 0.29) is 5.60 Å². The first-order valence-corrected chi connectivity index (χ1v) is 5.88. The first-order chi connectivity index (χ1) is 5.99. The third-order valence-corrected chi connectivity index (χ3v) is 3.77. The van der Waals surface area contributed by atoms with Crippen molar-refractivity contribution in [1.82, 2.24) is 0 Å². The lowest BCUT2D eigenvalue weighted by Gasteiger charge is -2.19. The molecule has 0 saturated carbocycles. The second-order valence-corrected chi connectivity index (χ2v) is 5.60. The van der Waals surface area contributed by atoms with Gasteiger partial charge in [0.1, 0.15) is 0 Å². The van der Waals surface area contributed by atoms with Crippen molar-refractivity contribution in [3.05, 3.63) is 28.7 Å². The van der Waals surface area contributed by atoms with E-state index in [0.29, 0.717) is 9.76 Å². The van der Waals surface area contributed by atoms with E-state index in [2.05, 4.69) is 42.8 Å². The SMILES string of the molecule is CC(C)(C)O[Si]c1ccccc1Br. The Balaban J connectivity index is 2.60. The van der Waals surface area contributed by atoms with Crippen LogP contribution in [0, 0.1) is 0 Å². The van der Waals surface area contributed by atoms with Crippen LogP contribution in [0.4, 0.5) is 0 Å². The summed E-state index contributed by atoms with van der Waals surface area (Å²) in [6, 6.07) is 8.15. The van der Waals surface area contributed by atoms with Gasteiger partial charge in [0.15, 0.2) is 0 Å². The number of halogens is 1. The molecule has 2 radical (unpaired) electrons. The van der Waals surface area contributed by atoms with Crippen molar-refractivity contribution in [2.75, 3.05) is 0 Å². The van der Waals surface area contributed by atoms with E-state index in [1.165, 1.54) is 5.19 Å². The van der Waals surface area contributed by atoms with Crippen molar-refractivity contribution in [3.63, 3.8) is 0 Å². The summed E-state index contributed by atoms with van der Waals surface area (Å²) in [4.78, 5) is 0. The van der Waals surface area contributed by atoms with Crippen LogP contribution in [-0.4, -0.2) is 15.4 Å². The summed E-state index contributed by atoms with van der Waals surface area (Å²) in [5.74, 6) is 0. The van der Waals surface area contributed by atoms with E-state index in [1.807, 2.05) is 18.2 Å². The Morgan fingerprint density at radius 3 is 2.38 bits per heavy atom. The van der Waals surface area contributed by atoms with Crippen molar-refractivity contribution in [2.24, 2.45) is 0 Å². The Bertz CT molecular complexity index is 280. The van der Waals surface area contributed by atoms with Gasteiger partial charge in [0.25, 0.3) is 9.76 Å². The van der Waals surface area contributed by atoms with E-state index in [1.54, 1.807) is 0 Å². The molecule has 0 N–H and O–H groups in total. The standard InChI is InChI=1S/C10H13BrOSi/c1-10(2,3)12-13-9-7-5-4-6-8(9)11/h4-7H,1-3H3. The van der Waals surface area contributed by atoms with Crippen molar-refractivity contribution in [1.29, 1.82) is 0 Å². The second-order valence-electron chi connectivity index (χ2n) is 3.80. The van der Waals surface area contributed by atoms with Gasteiger partial charge < -0.3 is 4.43 Å². The molecule has 3 heteroatoms. The fourth-order valence-corrected chi connectivity index (χ4v) is 2.04. The quantitative estimate of drug-likeness (QED) is 0.740. The number of hydrogen-bond acceptors (Lipinski definition) is 1. The summed E-state index contributed by atoms with van der Waals surface area (Å²) in [6.07, 6.45) is 0. The molecule has 0 aliphatic heterocycles. The Hall–Kier alpha value is -0.123. The van der Waals surface area contributed by atoms with Gasteiger partial charge in [-0.15, -0.1) is 0 Å². The molecule has 1 rings (SSSR count). The third-order valence-electron chi connectivity index (χ3n) is 1.34. The van der Waals surface area contributed by atoms with Crippen LogP contribution in [0.15, 0.2) is 28.7 Å². The Morgan fingerprint density at radius 1 is 1.23 bits per heavy atom. The zero-order chi connectivity index (χ0) is 9.90. The summed E-state index contributed by atoms with van der Waals surface area (Å²) < 4.78 is 6.82. The van der Waals surface area contributed by atoms with Gasteiger partial charge in [-0.05, 0) is 32.0 Å². The maximum Gasteiger partial charge on any atom is 0.270 e. The lowest BCUT2D eigenvalue weighted by Crippen LogP contribution is -2.29. The minimum absolute atomic E-state index is 0.0618. The molecule has 0 bridgehead atoms. The number of rotatable bonds is 2. The summed E-state index contributed by atoms with van der Waals surface area (Å²) in [7, 11) is 0.408. The number of benzene rings is 1. The van der Waals surface area contributed by atoms with Crippen LogP contribution in [0.2, 0.25) is 0 Å². The van der Waals surface area contributed by atoms with Gasteiger partial charge >= 0.3 is 0 Å². The summed E-state index contributed by atoms with van der Waals surface area (Å²) >= 11 is 3.49. The molecule has 0 fully saturated rings. The van der Waals surface area contributed by atoms with Crippen LogP contribution in [0.25, 0.3) is 0 Å². The highest BCUT2D eigenvalue weighted by molar-refractivity contribution is 9.10. The zero-order valence-corrected chi connectivity index (χ0v) is 10.7. The lowest BCUT2D eigenvalue weighted by atomic mass is 10.2. The van der Waals surface area contributed by atoms with Gasteiger partial charge in [0, 0.05) is 10.1 Å². The molecule has 70 valence electrons. The molecule has 0 aromatic heterocycles. The third kappa shape index (κ3) is 4.07. The molecular formula is C10H13BrOSi. The maximum atomic E-state index is 5.69. The molecule has 1 aromatic rings. The highest BCUT2D eigenvalue weighted by Crippen LogP contribution is 2.08. The van der Waals surface area contributed by atoms with E-state index in [4.69, 9.17) is 4.43 Å². The second kappa shape index (κ2) is 4.40. The highest BCUT2D eigenvalue weighted by Gasteiger charge is 2.11. The molecule has 0 aliphatic rings. The summed E-state index contributed by atoms with van der Waals surface area (Å²) in [6.45, 7) is 6.20. The largest absolute Gasteiger partial charge is 0.407 e. The van der Waals surface area contributed by atoms with Gasteiger partial charge in [-0.1, -0.05) is 34.1 Å². The monoisotopic (exact) mass is 256 g/mol. The first kappa shape index (κ1) is 11.0. The topological polar surface area (TPSA) is 9.23 Å². The van der Waals surface area contributed by atoms with Crippen LogP contribution >= 0.6 is 15.9 Å². The van der Waals surface area contributed by atoms with Crippen molar-refractivity contribution >= 4 is 30.9 Å². The fourth-order valence-electron chi connectivity index (χ4n) is 0.752. The fraction of sp³-hybridized carbons (Fsp3) is 0.400. The Morgan fingerprint density at radius 2 is 1.85 bits per heavy atom. The zero-order valence-electron chi connectivity index (χ0n) is 8.10.